The number of rotatable bonds is 75. The van der Waals surface area contributed by atoms with E-state index in [-0.39, 0.29) is 25.7 Å². The van der Waals surface area contributed by atoms with E-state index in [1.54, 1.807) is 0 Å². The molecule has 0 fully saturated rings. The third-order valence-electron chi connectivity index (χ3n) is 16.4. The van der Waals surface area contributed by atoms with E-state index in [4.69, 9.17) is 37.0 Å². The van der Waals surface area contributed by atoms with Gasteiger partial charge >= 0.3 is 39.5 Å². The molecule has 108 heavy (non-hydrogen) atoms. The Balaban J connectivity index is 5.46. The van der Waals surface area contributed by atoms with Crippen LogP contribution in [0.1, 0.15) is 297 Å². The van der Waals surface area contributed by atoms with Crippen LogP contribution in [0.5, 0.6) is 0 Å². The van der Waals surface area contributed by atoms with Crippen molar-refractivity contribution in [2.45, 2.75) is 316 Å². The largest absolute Gasteiger partial charge is 0.472 e. The zero-order valence-electron chi connectivity index (χ0n) is 66.9. The second-order valence-corrected chi connectivity index (χ2v) is 29.4. The van der Waals surface area contributed by atoms with Crippen LogP contribution in [0.4, 0.5) is 0 Å². The van der Waals surface area contributed by atoms with Crippen molar-refractivity contribution in [2.24, 2.45) is 0 Å². The smallest absolute Gasteiger partial charge is 0.462 e. The van der Waals surface area contributed by atoms with E-state index in [0.717, 1.165) is 218 Å². The number of hydrogen-bond acceptors (Lipinski definition) is 15. The molecule has 0 amide bonds. The van der Waals surface area contributed by atoms with Gasteiger partial charge in [-0.1, -0.05) is 281 Å². The molecule has 17 nitrogen and oxygen atoms in total. The number of unbranched alkanes of at least 4 members (excludes halogenated alkanes) is 19. The summed E-state index contributed by atoms with van der Waals surface area (Å²) in [6, 6.07) is 0. The Morgan fingerprint density at radius 3 is 0.694 bits per heavy atom. The number of carbonyl (C=O) groups excluding carboxylic acids is 4. The maximum absolute atomic E-state index is 13.1. The van der Waals surface area contributed by atoms with E-state index in [0.29, 0.717) is 25.7 Å². The number of aliphatic hydroxyl groups is 1. The van der Waals surface area contributed by atoms with E-state index in [1.165, 1.54) is 0 Å². The SMILES string of the molecule is CC/C=C\C/C=C\C/C=C\C/C=C\CCCCCCCCC(=O)OCC(COP(=O)(O)OCC(O)COP(=O)(O)OCC(COC(=O)CCCCCC/C=C\C/C=C\C/C=C\C/C=C\CC)OC(=O)CCCCCC/C=C\C/C=C\C/C=C\C/C=C\CC)OC(=O)CCCCCCC/C=C\C/C=C\C/C=C\CC. The molecule has 0 aliphatic carbocycles. The van der Waals surface area contributed by atoms with Gasteiger partial charge in [-0.2, -0.15) is 0 Å². The Hall–Kier alpha value is -5.84. The molecular weight excluding hydrogens is 1400 g/mol. The van der Waals surface area contributed by atoms with Crippen LogP contribution in [0.3, 0.4) is 0 Å². The minimum atomic E-state index is -5.00. The molecule has 0 heterocycles. The molecule has 5 atom stereocenters. The quantitative estimate of drug-likeness (QED) is 0.0169. The van der Waals surface area contributed by atoms with Crippen LogP contribution in [0.2, 0.25) is 0 Å². The highest BCUT2D eigenvalue weighted by Crippen LogP contribution is 2.45. The summed E-state index contributed by atoms with van der Waals surface area (Å²) in [5, 5.41) is 10.7. The van der Waals surface area contributed by atoms with Gasteiger partial charge in [-0.05, 0) is 173 Å². The number of aliphatic hydroxyl groups excluding tert-OH is 1. The van der Waals surface area contributed by atoms with Crippen molar-refractivity contribution in [2.75, 3.05) is 39.6 Å². The van der Waals surface area contributed by atoms with Gasteiger partial charge in [-0.15, -0.1) is 0 Å². The zero-order chi connectivity index (χ0) is 78.9. The third kappa shape index (κ3) is 78.3. The fourth-order valence-electron chi connectivity index (χ4n) is 10.3. The van der Waals surface area contributed by atoms with Crippen molar-refractivity contribution in [1.82, 2.24) is 0 Å². The molecule has 0 aromatic heterocycles. The van der Waals surface area contributed by atoms with E-state index < -0.39 is 97.5 Å². The summed E-state index contributed by atoms with van der Waals surface area (Å²) < 4.78 is 68.7. The molecule has 0 bridgehead atoms. The van der Waals surface area contributed by atoms with Crippen molar-refractivity contribution in [3.63, 3.8) is 0 Å². The number of hydrogen-bond donors (Lipinski definition) is 3. The van der Waals surface area contributed by atoms with Gasteiger partial charge in [0, 0.05) is 25.7 Å². The Kier molecular flexibility index (Phi) is 75.0. The summed E-state index contributed by atoms with van der Waals surface area (Å²) in [6.45, 7) is 4.33. The van der Waals surface area contributed by atoms with Crippen LogP contribution in [0, 0.1) is 0 Å². The number of esters is 4. The molecule has 0 aromatic carbocycles. The van der Waals surface area contributed by atoms with Crippen LogP contribution in [0.25, 0.3) is 0 Å². The molecule has 0 aromatic rings. The number of carbonyl (C=O) groups is 4. The molecule has 0 aliphatic rings. The average Bonchev–Trinajstić information content (AvgIpc) is 0.901. The number of phosphoric acid groups is 2. The van der Waals surface area contributed by atoms with E-state index >= 15 is 0 Å². The maximum Gasteiger partial charge on any atom is 0.472 e. The van der Waals surface area contributed by atoms with E-state index in [2.05, 4.69) is 210 Å². The Labute approximate surface area is 654 Å². The number of allylic oxidation sites excluding steroid dienone is 30. The first-order chi connectivity index (χ1) is 52.7. The number of phosphoric ester groups is 2. The first-order valence-corrected chi connectivity index (χ1v) is 44.0. The molecular formula is C89H144O17P2. The first kappa shape index (κ1) is 102. The molecule has 0 radical (unpaired) electrons. The monoisotopic (exact) mass is 1550 g/mol. The van der Waals surface area contributed by atoms with Gasteiger partial charge in [0.2, 0.25) is 0 Å². The molecule has 612 valence electrons. The summed E-state index contributed by atoms with van der Waals surface area (Å²) in [4.78, 5) is 73.2. The predicted molar refractivity (Wildman–Crippen MR) is 445 cm³/mol. The van der Waals surface area contributed by atoms with E-state index in [9.17, 15) is 43.2 Å². The molecule has 0 saturated carbocycles. The summed E-state index contributed by atoms with van der Waals surface area (Å²) in [5.41, 5.74) is 0. The van der Waals surface area contributed by atoms with Gasteiger partial charge in [0.25, 0.3) is 0 Å². The van der Waals surface area contributed by atoms with Crippen LogP contribution < -0.4 is 0 Å². The lowest BCUT2D eigenvalue weighted by Crippen LogP contribution is -2.30. The van der Waals surface area contributed by atoms with Gasteiger partial charge in [0.05, 0.1) is 26.4 Å². The maximum atomic E-state index is 13.1. The Bertz CT molecular complexity index is 2760. The molecule has 0 rings (SSSR count). The minimum Gasteiger partial charge on any atom is -0.462 e. The second-order valence-electron chi connectivity index (χ2n) is 26.5. The van der Waals surface area contributed by atoms with Crippen molar-refractivity contribution >= 4 is 39.5 Å². The molecule has 0 aliphatic heterocycles. The van der Waals surface area contributed by atoms with Gasteiger partial charge < -0.3 is 33.8 Å². The first-order valence-electron chi connectivity index (χ1n) is 41.0. The summed E-state index contributed by atoms with van der Waals surface area (Å²) >= 11 is 0. The van der Waals surface area contributed by atoms with E-state index in [1.807, 2.05) is 0 Å². The van der Waals surface area contributed by atoms with Gasteiger partial charge in [0.1, 0.15) is 19.3 Å². The zero-order valence-corrected chi connectivity index (χ0v) is 68.7. The van der Waals surface area contributed by atoms with Crippen molar-refractivity contribution in [3.05, 3.63) is 182 Å². The topological polar surface area (TPSA) is 237 Å². The van der Waals surface area contributed by atoms with Gasteiger partial charge in [0.15, 0.2) is 12.2 Å². The van der Waals surface area contributed by atoms with Gasteiger partial charge in [-0.25, -0.2) is 9.13 Å². The molecule has 19 heteroatoms. The average molecular weight is 1550 g/mol. The molecule has 3 N–H and O–H groups in total. The van der Waals surface area contributed by atoms with Crippen LogP contribution in [0.15, 0.2) is 182 Å². The van der Waals surface area contributed by atoms with Crippen LogP contribution >= 0.6 is 15.6 Å². The highest BCUT2D eigenvalue weighted by atomic mass is 31.2. The third-order valence-corrected chi connectivity index (χ3v) is 18.3. The normalized spacial score (nSPS) is 14.8. The summed E-state index contributed by atoms with van der Waals surface area (Å²) in [5.74, 6) is -2.27. The Morgan fingerprint density at radius 1 is 0.259 bits per heavy atom. The summed E-state index contributed by atoms with van der Waals surface area (Å²) in [7, 11) is -10.0. The molecule has 0 spiro atoms. The summed E-state index contributed by atoms with van der Waals surface area (Å²) in [6.07, 6.45) is 95.7. The lowest BCUT2D eigenvalue weighted by Gasteiger charge is -2.21. The minimum absolute atomic E-state index is 0.0540. The fourth-order valence-corrected chi connectivity index (χ4v) is 11.8. The predicted octanol–water partition coefficient (Wildman–Crippen LogP) is 24.3. The van der Waals surface area contributed by atoms with Crippen molar-refractivity contribution < 1.29 is 80.2 Å². The van der Waals surface area contributed by atoms with Crippen LogP contribution in [-0.4, -0.2) is 96.7 Å². The van der Waals surface area contributed by atoms with Crippen molar-refractivity contribution in [1.29, 1.82) is 0 Å². The number of ether oxygens (including phenoxy) is 4. The Morgan fingerprint density at radius 2 is 0.454 bits per heavy atom. The standard InChI is InChI=1S/C89H144O17P2/c1-5-9-13-17-21-25-29-33-37-40-41-44-47-50-54-58-62-66-70-74-87(92)100-79-84(105-88(93)75-71-67-63-59-55-51-45-36-32-28-24-20-16-12-8-4)81-103-107(95,96)101-77-83(90)78-102-108(97,98)104-82-85(106-89(94)76-72-68-64-60-56-52-48-43-39-35-31-27-23-19-15-11-7-3)80-99-86(91)73-69-65-61-57-53-49-46-42-38-34-30-26-22-18-14-10-6-2/h9-16,21-28,33-39,41,44-46,48-49,52,83-85,90H,5-8,17-20,29-32,40,42-43,47,50-51,53-82H2,1-4H3,(H,95,96)(H,97,98)/b13-9-,14-10-,15-11-,16-12-,25-21-,26-22-,27-23-,28-24-,37-33-,38-34-,39-35-,44-41-,45-36-,49-46-,52-48-. The lowest BCUT2D eigenvalue weighted by atomic mass is 10.1. The van der Waals surface area contributed by atoms with Gasteiger partial charge in [-0.3, -0.25) is 37.3 Å². The fraction of sp³-hybridized carbons (Fsp3) is 0.618. The highest BCUT2D eigenvalue weighted by molar-refractivity contribution is 7.47. The second kappa shape index (κ2) is 79.3. The van der Waals surface area contributed by atoms with Crippen molar-refractivity contribution in [3.8, 4) is 0 Å². The lowest BCUT2D eigenvalue weighted by molar-refractivity contribution is -0.161. The van der Waals surface area contributed by atoms with Crippen LogP contribution in [-0.2, 0) is 65.4 Å². The highest BCUT2D eigenvalue weighted by Gasteiger charge is 2.30. The molecule has 0 saturated heterocycles. The molecule has 5 unspecified atom stereocenters.